The van der Waals surface area contributed by atoms with Crippen molar-refractivity contribution in [2.75, 3.05) is 6.54 Å². The highest BCUT2D eigenvalue weighted by Gasteiger charge is 2.50. The zero-order valence-corrected chi connectivity index (χ0v) is 14.0. The summed E-state index contributed by atoms with van der Waals surface area (Å²) in [6.07, 6.45) is 3.16. The summed E-state index contributed by atoms with van der Waals surface area (Å²) in [6.45, 7) is 1.26. The fraction of sp³-hybridized carbons (Fsp3) is 0.158. The Morgan fingerprint density at radius 2 is 1.92 bits per heavy atom. The van der Waals surface area contributed by atoms with Crippen molar-refractivity contribution in [3.05, 3.63) is 66.1 Å². The second-order valence-corrected chi connectivity index (χ2v) is 6.33. The van der Waals surface area contributed by atoms with E-state index >= 15 is 0 Å². The van der Waals surface area contributed by atoms with Crippen LogP contribution in [-0.2, 0) is 10.3 Å². The number of aromatic amines is 1. The number of hydrogen-bond donors (Lipinski definition) is 2. The Morgan fingerprint density at radius 3 is 2.69 bits per heavy atom. The van der Waals surface area contributed by atoms with E-state index in [1.54, 1.807) is 37.5 Å². The quantitative estimate of drug-likeness (QED) is 0.558. The van der Waals surface area contributed by atoms with E-state index in [1.807, 2.05) is 24.3 Å². The number of H-pyrrole nitrogens is 1. The molecule has 3 amide bonds. The number of carbonyl (C=O) groups is 3. The van der Waals surface area contributed by atoms with E-state index < -0.39 is 17.5 Å². The van der Waals surface area contributed by atoms with Crippen LogP contribution in [0.2, 0.25) is 0 Å². The molecule has 26 heavy (non-hydrogen) atoms. The summed E-state index contributed by atoms with van der Waals surface area (Å²) in [5.41, 5.74) is 0.429. The van der Waals surface area contributed by atoms with Gasteiger partial charge in [0.05, 0.1) is 12.2 Å². The molecule has 0 bridgehead atoms. The van der Waals surface area contributed by atoms with Crippen molar-refractivity contribution in [3.63, 3.8) is 0 Å². The zero-order valence-electron chi connectivity index (χ0n) is 14.0. The van der Waals surface area contributed by atoms with Gasteiger partial charge in [-0.3, -0.25) is 19.5 Å². The molecule has 2 aromatic heterocycles. The largest absolute Gasteiger partial charge is 0.360 e. The number of nitrogens with zero attached hydrogens (tertiary/aromatic N) is 2. The minimum Gasteiger partial charge on any atom is -0.360 e. The molecule has 7 nitrogen and oxygen atoms in total. The number of pyridine rings is 1. The Hall–Kier alpha value is -3.48. The number of carbonyl (C=O) groups excluding carboxylic acids is 3. The van der Waals surface area contributed by atoms with Crippen molar-refractivity contribution in [1.82, 2.24) is 20.2 Å². The summed E-state index contributed by atoms with van der Waals surface area (Å²) >= 11 is 0. The van der Waals surface area contributed by atoms with Crippen LogP contribution in [0, 0.1) is 0 Å². The van der Waals surface area contributed by atoms with E-state index in [1.165, 1.54) is 0 Å². The number of Topliss-reactive ketones (excluding diaryl/α,β-unsaturated/α-hetero) is 1. The maximum atomic E-state index is 12.8. The molecule has 1 aromatic carbocycles. The zero-order chi connectivity index (χ0) is 18.3. The molecule has 4 rings (SSSR count). The molecular formula is C19H16N4O3. The lowest BCUT2D eigenvalue weighted by Crippen LogP contribution is -2.42. The van der Waals surface area contributed by atoms with Gasteiger partial charge in [0.15, 0.2) is 11.3 Å². The van der Waals surface area contributed by atoms with Crippen molar-refractivity contribution < 1.29 is 14.4 Å². The molecule has 0 spiro atoms. The monoisotopic (exact) mass is 348 g/mol. The lowest BCUT2D eigenvalue weighted by Gasteiger charge is -2.20. The highest BCUT2D eigenvalue weighted by molar-refractivity contribution is 6.14. The van der Waals surface area contributed by atoms with Crippen molar-refractivity contribution in [2.24, 2.45) is 0 Å². The molecule has 0 radical (unpaired) electrons. The number of benzene rings is 1. The molecule has 1 fully saturated rings. The SMILES string of the molecule is CC1(c2ccccn2)NC(=O)N(CC(=O)c2c[nH]c3ccccc23)C1=O. The fourth-order valence-corrected chi connectivity index (χ4v) is 3.20. The Bertz CT molecular complexity index is 1030. The minimum atomic E-state index is -1.28. The second-order valence-electron chi connectivity index (χ2n) is 6.33. The molecule has 130 valence electrons. The summed E-state index contributed by atoms with van der Waals surface area (Å²) < 4.78 is 0. The lowest BCUT2D eigenvalue weighted by atomic mass is 9.97. The molecule has 1 aliphatic rings. The predicted octanol–water partition coefficient (Wildman–Crippen LogP) is 2.21. The Kier molecular flexibility index (Phi) is 3.57. The van der Waals surface area contributed by atoms with Gasteiger partial charge in [-0.05, 0) is 25.1 Å². The first kappa shape index (κ1) is 16.0. The molecule has 7 heteroatoms. The maximum absolute atomic E-state index is 12.8. The lowest BCUT2D eigenvalue weighted by molar-refractivity contribution is -0.130. The predicted molar refractivity (Wildman–Crippen MR) is 94.5 cm³/mol. The van der Waals surface area contributed by atoms with Crippen LogP contribution in [0.4, 0.5) is 4.79 Å². The molecule has 2 N–H and O–H groups in total. The highest BCUT2D eigenvalue weighted by atomic mass is 16.2. The van der Waals surface area contributed by atoms with Crippen molar-refractivity contribution in [2.45, 2.75) is 12.5 Å². The Morgan fingerprint density at radius 1 is 1.15 bits per heavy atom. The fourth-order valence-electron chi connectivity index (χ4n) is 3.20. The minimum absolute atomic E-state index is 0.309. The standard InChI is InChI=1S/C19H16N4O3/c1-19(16-8-4-5-9-20-16)17(25)23(18(26)22-19)11-15(24)13-10-21-14-7-3-2-6-12(13)14/h2-10,21H,11H2,1H3,(H,22,26). The average molecular weight is 348 g/mol. The van der Waals surface area contributed by atoms with Gasteiger partial charge in [0.25, 0.3) is 5.91 Å². The van der Waals surface area contributed by atoms with Crippen LogP contribution in [0.25, 0.3) is 10.9 Å². The third-order valence-corrected chi connectivity index (χ3v) is 4.64. The van der Waals surface area contributed by atoms with Crippen LogP contribution < -0.4 is 5.32 Å². The average Bonchev–Trinajstić information content (AvgIpc) is 3.18. The molecule has 1 aliphatic heterocycles. The van der Waals surface area contributed by atoms with Gasteiger partial charge in [-0.15, -0.1) is 0 Å². The number of urea groups is 1. The van der Waals surface area contributed by atoms with E-state index in [0.29, 0.717) is 11.3 Å². The van der Waals surface area contributed by atoms with E-state index in [4.69, 9.17) is 0 Å². The van der Waals surface area contributed by atoms with E-state index in [2.05, 4.69) is 15.3 Å². The van der Waals surface area contributed by atoms with Crippen LogP contribution in [-0.4, -0.2) is 39.1 Å². The third-order valence-electron chi connectivity index (χ3n) is 4.64. The second kappa shape index (κ2) is 5.80. The number of aromatic nitrogens is 2. The van der Waals surface area contributed by atoms with Gasteiger partial charge in [0, 0.05) is 28.9 Å². The molecule has 3 heterocycles. The number of amides is 3. The van der Waals surface area contributed by atoms with Crippen LogP contribution in [0.15, 0.2) is 54.9 Å². The summed E-state index contributed by atoms with van der Waals surface area (Å²) in [5.74, 6) is -0.800. The smallest absolute Gasteiger partial charge is 0.325 e. The van der Waals surface area contributed by atoms with Gasteiger partial charge in [-0.2, -0.15) is 0 Å². The van der Waals surface area contributed by atoms with Gasteiger partial charge < -0.3 is 10.3 Å². The number of para-hydroxylation sites is 1. The number of fused-ring (bicyclic) bond motifs is 1. The number of nitrogens with one attached hydrogen (secondary N) is 2. The van der Waals surface area contributed by atoms with Crippen LogP contribution >= 0.6 is 0 Å². The third kappa shape index (κ3) is 2.36. The van der Waals surface area contributed by atoms with Gasteiger partial charge in [-0.25, -0.2) is 4.79 Å². The number of rotatable bonds is 4. The van der Waals surface area contributed by atoms with Gasteiger partial charge in [0.1, 0.15) is 0 Å². The summed E-state index contributed by atoms with van der Waals surface area (Å²) in [5, 5.41) is 3.41. The van der Waals surface area contributed by atoms with Crippen molar-refractivity contribution in [3.8, 4) is 0 Å². The van der Waals surface area contributed by atoms with Crippen molar-refractivity contribution >= 4 is 28.6 Å². The summed E-state index contributed by atoms with van der Waals surface area (Å²) in [7, 11) is 0. The molecule has 0 aliphatic carbocycles. The Balaban J connectivity index is 1.61. The summed E-state index contributed by atoms with van der Waals surface area (Å²) in [6, 6.07) is 11.9. The van der Waals surface area contributed by atoms with Crippen molar-refractivity contribution in [1.29, 1.82) is 0 Å². The number of hydrogen-bond acceptors (Lipinski definition) is 4. The van der Waals surface area contributed by atoms with Crippen LogP contribution in [0.3, 0.4) is 0 Å². The summed E-state index contributed by atoms with van der Waals surface area (Å²) in [4.78, 5) is 46.0. The van der Waals surface area contributed by atoms with Crippen LogP contribution in [0.1, 0.15) is 23.0 Å². The normalized spacial score (nSPS) is 19.8. The maximum Gasteiger partial charge on any atom is 0.325 e. The molecule has 1 atom stereocenters. The van der Waals surface area contributed by atoms with E-state index in [-0.39, 0.29) is 12.3 Å². The molecular weight excluding hydrogens is 332 g/mol. The number of imide groups is 1. The molecule has 1 saturated heterocycles. The van der Waals surface area contributed by atoms with Gasteiger partial charge >= 0.3 is 6.03 Å². The van der Waals surface area contributed by atoms with E-state index in [0.717, 1.165) is 15.8 Å². The highest BCUT2D eigenvalue weighted by Crippen LogP contribution is 2.28. The van der Waals surface area contributed by atoms with Crippen LogP contribution in [0.5, 0.6) is 0 Å². The first-order chi connectivity index (χ1) is 12.5. The first-order valence-corrected chi connectivity index (χ1v) is 8.15. The van der Waals surface area contributed by atoms with Gasteiger partial charge in [0.2, 0.25) is 0 Å². The first-order valence-electron chi connectivity index (χ1n) is 8.15. The van der Waals surface area contributed by atoms with Gasteiger partial charge in [-0.1, -0.05) is 24.3 Å². The topological polar surface area (TPSA) is 95.2 Å². The Labute approximate surface area is 149 Å². The molecule has 3 aromatic rings. The molecule has 0 saturated carbocycles. The number of ketones is 1. The molecule has 1 unspecified atom stereocenters. The van der Waals surface area contributed by atoms with E-state index in [9.17, 15) is 14.4 Å².